The monoisotopic (exact) mass is 468 g/mol. The molecule has 1 heterocycles. The molecule has 5 heteroatoms. The van der Waals surface area contributed by atoms with Crippen LogP contribution in [0.25, 0.3) is 0 Å². The second kappa shape index (κ2) is 11.5. The molecule has 3 aromatic carbocycles. The number of fused-ring (bicyclic) bond motifs is 1. The number of hydrogen-bond donors (Lipinski definition) is 1. The van der Waals surface area contributed by atoms with E-state index in [1.54, 1.807) is 18.0 Å². The zero-order valence-electron chi connectivity index (χ0n) is 20.3. The Hall–Kier alpha value is -3.86. The summed E-state index contributed by atoms with van der Waals surface area (Å²) in [5, 5.41) is 3.23. The van der Waals surface area contributed by atoms with Crippen molar-refractivity contribution in [1.82, 2.24) is 10.2 Å². The van der Waals surface area contributed by atoms with E-state index in [0.29, 0.717) is 30.6 Å². The number of nitrogens with one attached hydrogen (secondary N) is 1. The fourth-order valence-electron chi connectivity index (χ4n) is 4.34. The molecule has 1 aliphatic heterocycles. The molecule has 3 aromatic rings. The highest BCUT2D eigenvalue weighted by Gasteiger charge is 2.31. The lowest BCUT2D eigenvalue weighted by molar-refractivity contribution is -0.126. The van der Waals surface area contributed by atoms with Crippen LogP contribution in [-0.2, 0) is 11.2 Å². The minimum Gasteiger partial charge on any atom is -0.490 e. The zero-order valence-corrected chi connectivity index (χ0v) is 20.3. The third kappa shape index (κ3) is 6.18. The highest BCUT2D eigenvalue weighted by Crippen LogP contribution is 2.25. The second-order valence-corrected chi connectivity index (χ2v) is 8.96. The van der Waals surface area contributed by atoms with Crippen molar-refractivity contribution in [1.29, 1.82) is 0 Å². The van der Waals surface area contributed by atoms with Crippen LogP contribution in [0.15, 0.2) is 97.1 Å². The standard InChI is InChI=1S/C30H32N2O3/c1-22-13-9-11-19-26(24-16-7-4-8-17-24)31-29(33)27(21-23-14-5-3-6-15-23)32(2)30(34)25-18-10-12-20-28(25)35-22/h3-12,14-18,20,22,26-27H,13,19,21H2,1-2H3,(H,31,33)/b11-9+/t22-,26-,27-/m1/s1. The van der Waals surface area contributed by atoms with E-state index in [-0.39, 0.29) is 24.0 Å². The number of para-hydroxylation sites is 1. The van der Waals surface area contributed by atoms with Gasteiger partial charge in [0.25, 0.3) is 5.91 Å². The van der Waals surface area contributed by atoms with Crippen molar-refractivity contribution in [3.05, 3.63) is 114 Å². The topological polar surface area (TPSA) is 58.6 Å². The zero-order chi connectivity index (χ0) is 24.6. The first-order valence-electron chi connectivity index (χ1n) is 12.1. The first-order valence-corrected chi connectivity index (χ1v) is 12.1. The van der Waals surface area contributed by atoms with Crippen molar-refractivity contribution in [3.8, 4) is 5.75 Å². The maximum Gasteiger partial charge on any atom is 0.258 e. The Labute approximate surface area is 207 Å². The first-order chi connectivity index (χ1) is 17.0. The largest absolute Gasteiger partial charge is 0.490 e. The molecule has 2 amide bonds. The van der Waals surface area contributed by atoms with Crippen molar-refractivity contribution in [2.24, 2.45) is 0 Å². The summed E-state index contributed by atoms with van der Waals surface area (Å²) in [5.74, 6) is 0.104. The molecule has 180 valence electrons. The summed E-state index contributed by atoms with van der Waals surface area (Å²) in [6.07, 6.45) is 5.83. The highest BCUT2D eigenvalue weighted by molar-refractivity contribution is 5.99. The van der Waals surface area contributed by atoms with Crippen LogP contribution >= 0.6 is 0 Å². The number of likely N-dealkylation sites (N-methyl/N-ethyl adjacent to an activating group) is 1. The van der Waals surface area contributed by atoms with Crippen LogP contribution in [0.3, 0.4) is 0 Å². The molecular formula is C30H32N2O3. The van der Waals surface area contributed by atoms with Crippen LogP contribution in [0.4, 0.5) is 0 Å². The Kier molecular flexibility index (Phi) is 7.99. The van der Waals surface area contributed by atoms with Gasteiger partial charge in [0.15, 0.2) is 0 Å². The van der Waals surface area contributed by atoms with Gasteiger partial charge in [-0.25, -0.2) is 0 Å². The van der Waals surface area contributed by atoms with Gasteiger partial charge in [-0.15, -0.1) is 0 Å². The van der Waals surface area contributed by atoms with Crippen LogP contribution < -0.4 is 10.1 Å². The highest BCUT2D eigenvalue weighted by atomic mass is 16.5. The van der Waals surface area contributed by atoms with Gasteiger partial charge in [-0.1, -0.05) is 84.9 Å². The van der Waals surface area contributed by atoms with E-state index in [1.807, 2.05) is 85.8 Å². The van der Waals surface area contributed by atoms with Crippen molar-refractivity contribution in [2.45, 2.75) is 44.4 Å². The molecule has 0 unspecified atom stereocenters. The second-order valence-electron chi connectivity index (χ2n) is 8.96. The van der Waals surface area contributed by atoms with E-state index in [2.05, 4.69) is 17.5 Å². The average Bonchev–Trinajstić information content (AvgIpc) is 2.89. The predicted octanol–water partition coefficient (Wildman–Crippen LogP) is 5.34. The number of hydrogen-bond acceptors (Lipinski definition) is 3. The summed E-state index contributed by atoms with van der Waals surface area (Å²) in [6.45, 7) is 2.00. The van der Waals surface area contributed by atoms with Gasteiger partial charge in [0.2, 0.25) is 5.91 Å². The molecule has 3 atom stereocenters. The normalized spacial score (nSPS) is 22.3. The Morgan fingerprint density at radius 1 is 0.857 bits per heavy atom. The molecule has 5 nitrogen and oxygen atoms in total. The quantitative estimate of drug-likeness (QED) is 0.528. The number of rotatable bonds is 3. The van der Waals surface area contributed by atoms with Gasteiger partial charge in [0.1, 0.15) is 11.8 Å². The van der Waals surface area contributed by atoms with Crippen LogP contribution in [0.5, 0.6) is 5.75 Å². The van der Waals surface area contributed by atoms with E-state index in [9.17, 15) is 9.59 Å². The third-order valence-electron chi connectivity index (χ3n) is 6.33. The van der Waals surface area contributed by atoms with E-state index < -0.39 is 6.04 Å². The molecular weight excluding hydrogens is 436 g/mol. The van der Waals surface area contributed by atoms with Gasteiger partial charge >= 0.3 is 0 Å². The average molecular weight is 469 g/mol. The van der Waals surface area contributed by atoms with Crippen LogP contribution in [-0.4, -0.2) is 35.9 Å². The van der Waals surface area contributed by atoms with Crippen molar-refractivity contribution < 1.29 is 14.3 Å². The maximum absolute atomic E-state index is 13.7. The third-order valence-corrected chi connectivity index (χ3v) is 6.33. The minimum atomic E-state index is -0.687. The summed E-state index contributed by atoms with van der Waals surface area (Å²) >= 11 is 0. The number of carbonyl (C=O) groups excluding carboxylic acids is 2. The van der Waals surface area contributed by atoms with Gasteiger partial charge in [-0.2, -0.15) is 0 Å². The van der Waals surface area contributed by atoms with Gasteiger partial charge in [0, 0.05) is 19.9 Å². The summed E-state index contributed by atoms with van der Waals surface area (Å²) in [4.78, 5) is 28.9. The predicted molar refractivity (Wildman–Crippen MR) is 138 cm³/mol. The number of nitrogens with zero attached hydrogens (tertiary/aromatic N) is 1. The molecule has 0 radical (unpaired) electrons. The molecule has 1 N–H and O–H groups in total. The Bertz CT molecular complexity index is 1160. The fraction of sp³-hybridized carbons (Fsp3) is 0.267. The smallest absolute Gasteiger partial charge is 0.258 e. The molecule has 1 aliphatic rings. The summed E-state index contributed by atoms with van der Waals surface area (Å²) < 4.78 is 6.15. The summed E-state index contributed by atoms with van der Waals surface area (Å²) in [7, 11) is 1.69. The molecule has 0 bridgehead atoms. The Morgan fingerprint density at radius 3 is 2.23 bits per heavy atom. The van der Waals surface area contributed by atoms with E-state index >= 15 is 0 Å². The molecule has 0 aromatic heterocycles. The maximum atomic E-state index is 13.7. The number of benzene rings is 3. The van der Waals surface area contributed by atoms with Crippen molar-refractivity contribution >= 4 is 11.8 Å². The number of ether oxygens (including phenoxy) is 1. The van der Waals surface area contributed by atoms with Gasteiger partial charge in [-0.05, 0) is 36.6 Å². The van der Waals surface area contributed by atoms with Crippen molar-refractivity contribution in [2.75, 3.05) is 7.05 Å². The van der Waals surface area contributed by atoms with Crippen molar-refractivity contribution in [3.63, 3.8) is 0 Å². The number of amides is 2. The van der Waals surface area contributed by atoms with Crippen LogP contribution in [0.2, 0.25) is 0 Å². The SMILES string of the molecule is C[C@@H]1C/C=C/C[C@H](c2ccccc2)NC(=O)[C@@H](Cc2ccccc2)N(C)C(=O)c2ccccc2O1. The fourth-order valence-corrected chi connectivity index (χ4v) is 4.34. The lowest BCUT2D eigenvalue weighted by Crippen LogP contribution is -2.49. The summed E-state index contributed by atoms with van der Waals surface area (Å²) in [6, 6.07) is 26.1. The van der Waals surface area contributed by atoms with Gasteiger partial charge in [0.05, 0.1) is 17.7 Å². The summed E-state index contributed by atoms with van der Waals surface area (Å²) in [5.41, 5.74) is 2.47. The number of carbonyl (C=O) groups is 2. The van der Waals surface area contributed by atoms with Crippen LogP contribution in [0, 0.1) is 0 Å². The van der Waals surface area contributed by atoms with E-state index in [0.717, 1.165) is 11.1 Å². The van der Waals surface area contributed by atoms with Crippen LogP contribution in [0.1, 0.15) is 47.3 Å². The molecule has 0 saturated carbocycles. The minimum absolute atomic E-state index is 0.0988. The Balaban J connectivity index is 1.73. The molecule has 0 saturated heterocycles. The molecule has 4 rings (SSSR count). The van der Waals surface area contributed by atoms with Gasteiger partial charge < -0.3 is 15.0 Å². The van der Waals surface area contributed by atoms with Gasteiger partial charge in [-0.3, -0.25) is 9.59 Å². The van der Waals surface area contributed by atoms with E-state index in [1.165, 1.54) is 0 Å². The Morgan fingerprint density at radius 2 is 1.49 bits per heavy atom. The van der Waals surface area contributed by atoms with E-state index in [4.69, 9.17) is 4.74 Å². The lowest BCUT2D eigenvalue weighted by Gasteiger charge is -2.30. The molecule has 0 fully saturated rings. The first kappa shape index (κ1) is 24.3. The molecule has 35 heavy (non-hydrogen) atoms. The molecule has 0 spiro atoms. The molecule has 0 aliphatic carbocycles. The lowest BCUT2D eigenvalue weighted by atomic mass is 9.99.